The highest BCUT2D eigenvalue weighted by Gasteiger charge is 2.26. The van der Waals surface area contributed by atoms with Crippen molar-refractivity contribution in [1.29, 1.82) is 0 Å². The number of rotatable bonds is 6. The highest BCUT2D eigenvalue weighted by atomic mass is 16.5. The van der Waals surface area contributed by atoms with E-state index < -0.39 is 0 Å². The highest BCUT2D eigenvalue weighted by Crippen LogP contribution is 2.28. The van der Waals surface area contributed by atoms with Crippen molar-refractivity contribution in [3.05, 3.63) is 54.1 Å². The molecule has 0 aliphatic carbocycles. The number of nitrogens with one attached hydrogen (secondary N) is 1. The summed E-state index contributed by atoms with van der Waals surface area (Å²) in [6.45, 7) is 5.40. The van der Waals surface area contributed by atoms with E-state index in [1.54, 1.807) is 13.2 Å². The first-order valence-corrected chi connectivity index (χ1v) is 11.1. The fourth-order valence-corrected chi connectivity index (χ4v) is 4.51. The van der Waals surface area contributed by atoms with Crippen LogP contribution in [0.4, 0.5) is 10.5 Å². The number of piperazine rings is 1. The lowest BCUT2D eigenvalue weighted by Crippen LogP contribution is -2.52. The van der Waals surface area contributed by atoms with E-state index in [0.717, 1.165) is 24.5 Å². The zero-order valence-electron chi connectivity index (χ0n) is 18.2. The lowest BCUT2D eigenvalue weighted by Gasteiger charge is -2.37. The van der Waals surface area contributed by atoms with Crippen LogP contribution >= 0.6 is 0 Å². The van der Waals surface area contributed by atoms with Gasteiger partial charge in [0.25, 0.3) is 0 Å². The molecule has 7 heteroatoms. The van der Waals surface area contributed by atoms with E-state index in [9.17, 15) is 9.90 Å². The summed E-state index contributed by atoms with van der Waals surface area (Å²) in [4.78, 5) is 19.3. The van der Waals surface area contributed by atoms with Crippen LogP contribution < -0.4 is 15.0 Å². The van der Waals surface area contributed by atoms with E-state index >= 15 is 0 Å². The van der Waals surface area contributed by atoms with Crippen LogP contribution in [0.25, 0.3) is 0 Å². The van der Waals surface area contributed by atoms with E-state index in [1.165, 1.54) is 18.4 Å². The van der Waals surface area contributed by atoms with Crippen molar-refractivity contribution < 1.29 is 14.6 Å². The number of ether oxygens (including phenoxy) is 1. The Morgan fingerprint density at radius 1 is 1.00 bits per heavy atom. The Labute approximate surface area is 184 Å². The van der Waals surface area contributed by atoms with E-state index in [2.05, 4.69) is 27.2 Å². The van der Waals surface area contributed by atoms with Crippen molar-refractivity contribution in [2.45, 2.75) is 18.9 Å². The predicted molar refractivity (Wildman–Crippen MR) is 122 cm³/mol. The van der Waals surface area contributed by atoms with Gasteiger partial charge < -0.3 is 25.0 Å². The van der Waals surface area contributed by atoms with Crippen LogP contribution in [0, 0.1) is 0 Å². The molecule has 0 bridgehead atoms. The Balaban J connectivity index is 1.34. The monoisotopic (exact) mass is 424 g/mol. The van der Waals surface area contributed by atoms with Gasteiger partial charge >= 0.3 is 6.03 Å². The van der Waals surface area contributed by atoms with Crippen molar-refractivity contribution >= 4 is 11.7 Å². The van der Waals surface area contributed by atoms with E-state index in [0.29, 0.717) is 32.7 Å². The molecule has 2 saturated heterocycles. The molecular formula is C24H32N4O3. The largest absolute Gasteiger partial charge is 0.506 e. The quantitative estimate of drug-likeness (QED) is 0.746. The summed E-state index contributed by atoms with van der Waals surface area (Å²) in [5.41, 5.74) is 2.03. The van der Waals surface area contributed by atoms with Gasteiger partial charge in [-0.3, -0.25) is 4.90 Å². The van der Waals surface area contributed by atoms with Crippen LogP contribution in [0.3, 0.4) is 0 Å². The second-order valence-corrected chi connectivity index (χ2v) is 8.18. The van der Waals surface area contributed by atoms with Crippen LogP contribution in [0.1, 0.15) is 24.4 Å². The van der Waals surface area contributed by atoms with Gasteiger partial charge in [0.15, 0.2) is 0 Å². The van der Waals surface area contributed by atoms with Crippen molar-refractivity contribution in [3.63, 3.8) is 0 Å². The summed E-state index contributed by atoms with van der Waals surface area (Å²) in [6.07, 6.45) is 2.41. The van der Waals surface area contributed by atoms with Crippen molar-refractivity contribution in [3.8, 4) is 11.5 Å². The molecule has 2 aliphatic heterocycles. The van der Waals surface area contributed by atoms with Gasteiger partial charge in [-0.1, -0.05) is 24.3 Å². The molecule has 2 aliphatic rings. The van der Waals surface area contributed by atoms with Crippen LogP contribution in [-0.4, -0.2) is 73.9 Å². The summed E-state index contributed by atoms with van der Waals surface area (Å²) in [5, 5.41) is 13.2. The molecule has 2 heterocycles. The number of hydrogen-bond acceptors (Lipinski definition) is 5. The Kier molecular flexibility index (Phi) is 6.82. The number of hydrogen-bond donors (Lipinski definition) is 2. The molecule has 2 fully saturated rings. The Morgan fingerprint density at radius 3 is 2.32 bits per heavy atom. The first kappa shape index (κ1) is 21.3. The summed E-state index contributed by atoms with van der Waals surface area (Å²) in [5.74, 6) is 1.13. The number of amides is 2. The number of methoxy groups -OCH3 is 1. The van der Waals surface area contributed by atoms with Gasteiger partial charge in [-0.2, -0.15) is 0 Å². The molecule has 166 valence electrons. The number of nitrogens with zero attached hydrogens (tertiary/aromatic N) is 3. The van der Waals surface area contributed by atoms with Gasteiger partial charge in [0, 0.05) is 32.7 Å². The molecule has 2 amide bonds. The second kappa shape index (κ2) is 9.92. The fourth-order valence-electron chi connectivity index (χ4n) is 4.51. The highest BCUT2D eigenvalue weighted by molar-refractivity contribution is 5.74. The molecule has 4 rings (SSSR count). The summed E-state index contributed by atoms with van der Waals surface area (Å²) >= 11 is 0. The number of carbonyl (C=O) groups excluding carboxylic acids is 1. The van der Waals surface area contributed by atoms with Gasteiger partial charge in [0.1, 0.15) is 11.5 Å². The molecule has 2 aromatic carbocycles. The third-order valence-electron chi connectivity index (χ3n) is 6.32. The van der Waals surface area contributed by atoms with Crippen molar-refractivity contribution in [2.24, 2.45) is 0 Å². The molecule has 0 radical (unpaired) electrons. The minimum Gasteiger partial charge on any atom is -0.506 e. The minimum atomic E-state index is -0.0188. The first-order valence-electron chi connectivity index (χ1n) is 11.1. The van der Waals surface area contributed by atoms with Gasteiger partial charge in [-0.05, 0) is 55.8 Å². The van der Waals surface area contributed by atoms with Gasteiger partial charge in [-0.25, -0.2) is 4.79 Å². The Hall–Kier alpha value is -2.93. The number of benzene rings is 2. The third kappa shape index (κ3) is 5.05. The van der Waals surface area contributed by atoms with Crippen LogP contribution in [0.2, 0.25) is 0 Å². The van der Waals surface area contributed by atoms with Gasteiger partial charge in [0.2, 0.25) is 0 Å². The molecule has 1 unspecified atom stereocenters. The molecule has 7 nitrogen and oxygen atoms in total. The van der Waals surface area contributed by atoms with Crippen LogP contribution in [0.15, 0.2) is 48.5 Å². The number of aromatic hydroxyl groups is 1. The zero-order chi connectivity index (χ0) is 21.6. The van der Waals surface area contributed by atoms with Crippen molar-refractivity contribution in [1.82, 2.24) is 15.1 Å². The fraction of sp³-hybridized carbons (Fsp3) is 0.458. The molecular weight excluding hydrogens is 392 g/mol. The SMILES string of the molecule is COc1ccc(C(CNC(=O)N2CCN(c3ccccc3O)CC2)N2CCCC2)cc1. The van der Waals surface area contributed by atoms with Crippen LogP contribution in [-0.2, 0) is 0 Å². The zero-order valence-corrected chi connectivity index (χ0v) is 18.2. The lowest BCUT2D eigenvalue weighted by atomic mass is 10.1. The summed E-state index contributed by atoms with van der Waals surface area (Å²) in [7, 11) is 1.67. The van der Waals surface area contributed by atoms with E-state index in [1.807, 2.05) is 35.2 Å². The predicted octanol–water partition coefficient (Wildman–Crippen LogP) is 3.07. The number of phenolic OH excluding ortho intramolecular Hbond substituents is 1. The van der Waals surface area contributed by atoms with Gasteiger partial charge in [-0.15, -0.1) is 0 Å². The number of phenols is 1. The number of likely N-dealkylation sites (tertiary alicyclic amines) is 1. The molecule has 2 N–H and O–H groups in total. The molecule has 0 saturated carbocycles. The smallest absolute Gasteiger partial charge is 0.317 e. The summed E-state index contributed by atoms with van der Waals surface area (Å²) < 4.78 is 5.29. The average Bonchev–Trinajstić information content (AvgIpc) is 3.34. The van der Waals surface area contributed by atoms with E-state index in [4.69, 9.17) is 4.74 Å². The Bertz CT molecular complexity index is 859. The maximum atomic E-state index is 12.9. The molecule has 1 atom stereocenters. The van der Waals surface area contributed by atoms with E-state index in [-0.39, 0.29) is 17.8 Å². The topological polar surface area (TPSA) is 68.3 Å². The average molecular weight is 425 g/mol. The van der Waals surface area contributed by atoms with Crippen molar-refractivity contribution in [2.75, 3.05) is 57.8 Å². The van der Waals surface area contributed by atoms with Crippen LogP contribution in [0.5, 0.6) is 11.5 Å². The maximum absolute atomic E-state index is 12.9. The summed E-state index contributed by atoms with van der Waals surface area (Å²) in [6, 6.07) is 15.7. The molecule has 0 aromatic heterocycles. The molecule has 2 aromatic rings. The molecule has 0 spiro atoms. The normalized spacial score (nSPS) is 18.1. The third-order valence-corrected chi connectivity index (χ3v) is 6.32. The second-order valence-electron chi connectivity index (χ2n) is 8.18. The van der Waals surface area contributed by atoms with Gasteiger partial charge in [0.05, 0.1) is 18.8 Å². The minimum absolute atomic E-state index is 0.0188. The number of urea groups is 1. The number of carbonyl (C=O) groups is 1. The Morgan fingerprint density at radius 2 is 1.68 bits per heavy atom. The number of para-hydroxylation sites is 2. The number of anilines is 1. The first-order chi connectivity index (χ1) is 15.2. The molecule has 31 heavy (non-hydrogen) atoms. The maximum Gasteiger partial charge on any atom is 0.317 e. The standard InChI is InChI=1S/C24H32N4O3/c1-31-20-10-8-19(9-11-20)22(26-12-4-5-13-26)18-25-24(30)28-16-14-27(15-17-28)21-6-2-3-7-23(21)29/h2-3,6-11,22,29H,4-5,12-18H2,1H3,(H,25,30). The lowest BCUT2D eigenvalue weighted by molar-refractivity contribution is 0.185.